The standard InChI is InChI=1S/C7H15.C3H4O4.K/c1-3-5-7-6-4-2;4-2(5)1-3(6)7;/h1,3-7H2,2H3;1H2,(H,4,5)(H,6,7);/q-1;;+1. The largest absolute Gasteiger partial charge is 1.00 e. The number of hydrogen-bond acceptors (Lipinski definition) is 2. The van der Waals surface area contributed by atoms with Gasteiger partial charge in [-0.2, -0.15) is 6.42 Å². The smallest absolute Gasteiger partial charge is 0.481 e. The summed E-state index contributed by atoms with van der Waals surface area (Å²) in [5.74, 6) is -2.62. The van der Waals surface area contributed by atoms with E-state index in [-0.39, 0.29) is 51.4 Å². The predicted molar refractivity (Wildman–Crippen MR) is 54.0 cm³/mol. The van der Waals surface area contributed by atoms with Crippen molar-refractivity contribution in [2.24, 2.45) is 0 Å². The van der Waals surface area contributed by atoms with Crippen LogP contribution < -0.4 is 51.4 Å². The van der Waals surface area contributed by atoms with E-state index in [0.717, 1.165) is 6.42 Å². The van der Waals surface area contributed by atoms with Crippen LogP contribution in [0.4, 0.5) is 0 Å². The second kappa shape index (κ2) is 17.0. The molecule has 0 aromatic rings. The van der Waals surface area contributed by atoms with Crippen LogP contribution in [0, 0.1) is 6.92 Å². The Hall–Kier alpha value is 0.576. The van der Waals surface area contributed by atoms with Crippen molar-refractivity contribution in [3.05, 3.63) is 6.92 Å². The van der Waals surface area contributed by atoms with Crippen LogP contribution >= 0.6 is 0 Å². The van der Waals surface area contributed by atoms with Gasteiger partial charge >= 0.3 is 63.3 Å². The summed E-state index contributed by atoms with van der Waals surface area (Å²) in [5, 5.41) is 15.4. The fourth-order valence-electron chi connectivity index (χ4n) is 0.733. The van der Waals surface area contributed by atoms with Gasteiger partial charge in [0.25, 0.3) is 0 Å². The number of carboxylic acids is 2. The van der Waals surface area contributed by atoms with Gasteiger partial charge in [0.05, 0.1) is 0 Å². The predicted octanol–water partition coefficient (Wildman–Crippen LogP) is -0.659. The Labute approximate surface area is 134 Å². The Kier molecular flexibility index (Phi) is 23.7. The van der Waals surface area contributed by atoms with Crippen LogP contribution in [0.25, 0.3) is 0 Å². The van der Waals surface area contributed by atoms with Crippen molar-refractivity contribution in [1.29, 1.82) is 0 Å². The molecule has 0 unspecified atom stereocenters. The summed E-state index contributed by atoms with van der Waals surface area (Å²) in [5.41, 5.74) is 0. The summed E-state index contributed by atoms with van der Waals surface area (Å²) in [6.45, 7) is 5.98. The summed E-state index contributed by atoms with van der Waals surface area (Å²) >= 11 is 0. The molecule has 15 heavy (non-hydrogen) atoms. The van der Waals surface area contributed by atoms with Crippen LogP contribution in [0.2, 0.25) is 0 Å². The number of aliphatic carboxylic acids is 2. The van der Waals surface area contributed by atoms with Gasteiger partial charge in [0.2, 0.25) is 0 Å². The molecule has 0 aliphatic carbocycles. The molecule has 0 bridgehead atoms. The topological polar surface area (TPSA) is 74.6 Å². The van der Waals surface area contributed by atoms with E-state index < -0.39 is 18.4 Å². The summed E-state index contributed by atoms with van der Waals surface area (Å²) in [6, 6.07) is 0. The first kappa shape index (κ1) is 20.9. The minimum absolute atomic E-state index is 0. The first-order chi connectivity index (χ1) is 6.54. The van der Waals surface area contributed by atoms with E-state index in [1.54, 1.807) is 0 Å². The Morgan fingerprint density at radius 3 is 1.73 bits per heavy atom. The molecule has 0 aliphatic heterocycles. The average Bonchev–Trinajstić information content (AvgIpc) is 2.04. The van der Waals surface area contributed by atoms with E-state index in [4.69, 9.17) is 10.2 Å². The molecule has 0 aromatic heterocycles. The van der Waals surface area contributed by atoms with Crippen molar-refractivity contribution in [1.82, 2.24) is 0 Å². The van der Waals surface area contributed by atoms with Crippen molar-refractivity contribution in [3.8, 4) is 0 Å². The van der Waals surface area contributed by atoms with Gasteiger partial charge in [-0.05, 0) is 0 Å². The van der Waals surface area contributed by atoms with Gasteiger partial charge in [-0.3, -0.25) is 9.59 Å². The van der Waals surface area contributed by atoms with Crippen molar-refractivity contribution < 1.29 is 71.2 Å². The molecule has 0 fully saturated rings. The molecule has 5 heteroatoms. The normalized spacial score (nSPS) is 8.13. The fraction of sp³-hybridized carbons (Fsp3) is 0.700. The third-order valence-corrected chi connectivity index (χ3v) is 1.41. The molecule has 4 nitrogen and oxygen atoms in total. The van der Waals surface area contributed by atoms with Gasteiger partial charge < -0.3 is 17.1 Å². The molecular weight excluding hydrogens is 223 g/mol. The zero-order valence-electron chi connectivity index (χ0n) is 9.66. The number of carbonyl (C=O) groups is 2. The molecule has 84 valence electrons. The quantitative estimate of drug-likeness (QED) is 0.281. The van der Waals surface area contributed by atoms with Crippen LogP contribution in [0.15, 0.2) is 0 Å². The molecule has 0 heterocycles. The van der Waals surface area contributed by atoms with Gasteiger partial charge in [-0.15, -0.1) is 0 Å². The van der Waals surface area contributed by atoms with E-state index in [9.17, 15) is 9.59 Å². The second-order valence-corrected chi connectivity index (χ2v) is 2.88. The van der Waals surface area contributed by atoms with Crippen LogP contribution in [0.5, 0.6) is 0 Å². The van der Waals surface area contributed by atoms with Gasteiger partial charge in [0.15, 0.2) is 0 Å². The van der Waals surface area contributed by atoms with E-state index in [2.05, 4.69) is 13.8 Å². The zero-order chi connectivity index (χ0) is 11.4. The Bertz CT molecular complexity index is 144. The monoisotopic (exact) mass is 242 g/mol. The number of hydrogen-bond donors (Lipinski definition) is 2. The Morgan fingerprint density at radius 2 is 1.53 bits per heavy atom. The molecule has 2 N–H and O–H groups in total. The average molecular weight is 242 g/mol. The van der Waals surface area contributed by atoms with Gasteiger partial charge in [0.1, 0.15) is 6.42 Å². The van der Waals surface area contributed by atoms with E-state index in [1.165, 1.54) is 25.7 Å². The Morgan fingerprint density at radius 1 is 1.07 bits per heavy atom. The Balaban J connectivity index is -0.000000180. The zero-order valence-corrected chi connectivity index (χ0v) is 12.8. The second-order valence-electron chi connectivity index (χ2n) is 2.88. The number of rotatable bonds is 6. The molecule has 0 aromatic carbocycles. The van der Waals surface area contributed by atoms with Crippen LogP contribution in [-0.2, 0) is 9.59 Å². The summed E-state index contributed by atoms with van der Waals surface area (Å²) in [4.78, 5) is 18.9. The molecule has 0 atom stereocenters. The maximum absolute atomic E-state index is 9.43. The first-order valence-electron chi connectivity index (χ1n) is 4.77. The fourth-order valence-corrected chi connectivity index (χ4v) is 0.733. The molecule has 0 saturated heterocycles. The molecule has 0 rings (SSSR count). The van der Waals surface area contributed by atoms with E-state index in [1.807, 2.05) is 0 Å². The number of carboxylic acid groups (broad SMARTS) is 2. The molecule has 0 spiro atoms. The third kappa shape index (κ3) is 31.3. The van der Waals surface area contributed by atoms with Crippen LogP contribution in [-0.4, -0.2) is 22.2 Å². The molecule has 0 aliphatic rings. The molecule has 0 saturated carbocycles. The maximum Gasteiger partial charge on any atom is 1.00 e. The maximum atomic E-state index is 9.43. The van der Waals surface area contributed by atoms with Crippen molar-refractivity contribution >= 4 is 11.9 Å². The van der Waals surface area contributed by atoms with E-state index >= 15 is 0 Å². The van der Waals surface area contributed by atoms with Crippen LogP contribution in [0.1, 0.15) is 45.4 Å². The van der Waals surface area contributed by atoms with E-state index in [0.29, 0.717) is 0 Å². The van der Waals surface area contributed by atoms with Crippen LogP contribution in [0.3, 0.4) is 0 Å². The van der Waals surface area contributed by atoms with Gasteiger partial charge in [0, 0.05) is 0 Å². The third-order valence-electron chi connectivity index (χ3n) is 1.41. The minimum Gasteiger partial charge on any atom is -0.481 e. The SMILES string of the molecule is O=C(O)CC(=O)O.[CH2-]CCCCCC.[K+]. The van der Waals surface area contributed by atoms with Crippen molar-refractivity contribution in [2.45, 2.75) is 45.4 Å². The minimum atomic E-state index is -1.31. The summed E-state index contributed by atoms with van der Waals surface area (Å²) in [6.07, 6.45) is 5.71. The van der Waals surface area contributed by atoms with Gasteiger partial charge in [-0.25, -0.2) is 0 Å². The summed E-state index contributed by atoms with van der Waals surface area (Å²) in [7, 11) is 0. The number of unbranched alkanes of at least 4 members (excludes halogenated alkanes) is 4. The molecular formula is C10H19KO4. The molecule has 0 radical (unpaired) electrons. The van der Waals surface area contributed by atoms with Crippen molar-refractivity contribution in [2.75, 3.05) is 0 Å². The summed E-state index contributed by atoms with van der Waals surface area (Å²) < 4.78 is 0. The first-order valence-corrected chi connectivity index (χ1v) is 4.77. The van der Waals surface area contributed by atoms with Gasteiger partial charge in [-0.1, -0.05) is 32.6 Å². The molecule has 0 amide bonds. The van der Waals surface area contributed by atoms with Crippen molar-refractivity contribution in [3.63, 3.8) is 0 Å².